The van der Waals surface area contributed by atoms with Gasteiger partial charge in [0, 0.05) is 49.5 Å². The number of rotatable bonds is 2. The maximum absolute atomic E-state index is 4.76. The van der Waals surface area contributed by atoms with Gasteiger partial charge in [-0.15, -0.1) is 0 Å². The van der Waals surface area contributed by atoms with Gasteiger partial charge >= 0.3 is 0 Å². The van der Waals surface area contributed by atoms with E-state index in [-0.39, 0.29) is 0 Å². The number of aromatic nitrogens is 3. The number of aryl methyl sites for hydroxylation is 1. The molecule has 0 bridgehead atoms. The Bertz CT molecular complexity index is 1080. The molecule has 0 atom stereocenters. The Kier molecular flexibility index (Phi) is 3.97. The zero-order valence-electron chi connectivity index (χ0n) is 14.8. The highest BCUT2D eigenvalue weighted by molar-refractivity contribution is 6.01. The summed E-state index contributed by atoms with van der Waals surface area (Å²) in [6.07, 6.45) is 11.2. The van der Waals surface area contributed by atoms with E-state index in [1.54, 1.807) is 6.20 Å². The molecule has 0 aliphatic carbocycles. The van der Waals surface area contributed by atoms with Crippen molar-refractivity contribution in [2.45, 2.75) is 0 Å². The minimum Gasteiger partial charge on any atom is -0.330 e. The van der Waals surface area contributed by atoms with Crippen molar-refractivity contribution in [1.82, 2.24) is 19.4 Å². The lowest BCUT2D eigenvalue weighted by Gasteiger charge is -2.22. The highest BCUT2D eigenvalue weighted by Crippen LogP contribution is 2.24. The number of imidazole rings is 1. The molecular formula is C21H19N5. The summed E-state index contributed by atoms with van der Waals surface area (Å²) < 4.78 is 2.08. The van der Waals surface area contributed by atoms with Crippen molar-refractivity contribution in [3.63, 3.8) is 0 Å². The van der Waals surface area contributed by atoms with Gasteiger partial charge in [0.15, 0.2) is 0 Å². The number of likely N-dealkylation sites (N-methyl/N-ethyl adjacent to an activating group) is 1. The molecule has 0 radical (unpaired) electrons. The van der Waals surface area contributed by atoms with Crippen LogP contribution in [0.2, 0.25) is 0 Å². The molecule has 3 aromatic rings. The standard InChI is InChI=1S/C21H19N5/c1-15-8-6-7-11-23-20(25(15)2)16-12-17(14-22-13-16)21-24-18-9-4-5-10-19(18)26(21)3/h4-14H,1H2,2-3H3/b8-6-,11-7-,23-20?. The summed E-state index contributed by atoms with van der Waals surface area (Å²) in [7, 11) is 3.97. The van der Waals surface area contributed by atoms with Gasteiger partial charge in [-0.3, -0.25) is 4.98 Å². The fraction of sp³-hybridized carbons (Fsp3) is 0.0952. The van der Waals surface area contributed by atoms with E-state index >= 15 is 0 Å². The van der Waals surface area contributed by atoms with Gasteiger partial charge in [0.05, 0.1) is 11.0 Å². The van der Waals surface area contributed by atoms with Gasteiger partial charge in [-0.2, -0.15) is 0 Å². The van der Waals surface area contributed by atoms with Gasteiger partial charge in [0.2, 0.25) is 0 Å². The van der Waals surface area contributed by atoms with Crippen molar-refractivity contribution in [3.05, 3.63) is 85.0 Å². The van der Waals surface area contributed by atoms with E-state index in [0.29, 0.717) is 0 Å². The molecule has 26 heavy (non-hydrogen) atoms. The van der Waals surface area contributed by atoms with E-state index in [1.165, 1.54) is 0 Å². The van der Waals surface area contributed by atoms with Crippen LogP contribution in [-0.2, 0) is 7.05 Å². The molecule has 1 aromatic carbocycles. The summed E-state index contributed by atoms with van der Waals surface area (Å²) in [4.78, 5) is 15.7. The van der Waals surface area contributed by atoms with Crippen LogP contribution in [0.1, 0.15) is 5.56 Å². The first-order chi connectivity index (χ1) is 12.6. The van der Waals surface area contributed by atoms with Gasteiger partial charge in [0.25, 0.3) is 0 Å². The molecule has 0 saturated carbocycles. The normalized spacial score (nSPS) is 16.9. The molecule has 0 N–H and O–H groups in total. The molecule has 1 aliphatic rings. The summed E-state index contributed by atoms with van der Waals surface area (Å²) in [5.74, 6) is 1.67. The third-order valence-corrected chi connectivity index (χ3v) is 4.47. The molecule has 5 heteroatoms. The number of allylic oxidation sites excluding steroid dienone is 3. The number of para-hydroxylation sites is 2. The van der Waals surface area contributed by atoms with Gasteiger partial charge in [-0.1, -0.05) is 24.8 Å². The lowest BCUT2D eigenvalue weighted by atomic mass is 10.1. The smallest absolute Gasteiger partial charge is 0.142 e. The highest BCUT2D eigenvalue weighted by atomic mass is 15.2. The molecule has 0 amide bonds. The fourth-order valence-electron chi connectivity index (χ4n) is 3.02. The van der Waals surface area contributed by atoms with Crippen LogP contribution in [0.3, 0.4) is 0 Å². The molecule has 1 aliphatic heterocycles. The second-order valence-corrected chi connectivity index (χ2v) is 6.15. The van der Waals surface area contributed by atoms with E-state index in [0.717, 1.165) is 39.5 Å². The minimum absolute atomic E-state index is 0.795. The van der Waals surface area contributed by atoms with Crippen molar-refractivity contribution in [2.24, 2.45) is 12.0 Å². The van der Waals surface area contributed by atoms with Crippen molar-refractivity contribution in [2.75, 3.05) is 7.05 Å². The SMILES string of the molecule is C=C1/C=C\C=C/N=C(c2cncc(-c3nc4ccccc4n3C)c2)N1C. The van der Waals surface area contributed by atoms with Crippen LogP contribution in [0.4, 0.5) is 0 Å². The number of nitrogens with zero attached hydrogens (tertiary/aromatic N) is 5. The molecule has 5 nitrogen and oxygen atoms in total. The first kappa shape index (κ1) is 16.0. The predicted octanol–water partition coefficient (Wildman–Crippen LogP) is 3.91. The molecule has 0 saturated heterocycles. The lowest BCUT2D eigenvalue weighted by Crippen LogP contribution is -2.26. The summed E-state index contributed by atoms with van der Waals surface area (Å²) in [5, 5.41) is 0. The summed E-state index contributed by atoms with van der Waals surface area (Å²) in [6, 6.07) is 10.2. The molecule has 2 aromatic heterocycles. The van der Waals surface area contributed by atoms with E-state index in [2.05, 4.69) is 33.3 Å². The molecule has 0 spiro atoms. The van der Waals surface area contributed by atoms with Crippen molar-refractivity contribution >= 4 is 16.9 Å². The van der Waals surface area contributed by atoms with Gasteiger partial charge in [0.1, 0.15) is 11.7 Å². The Morgan fingerprint density at radius 3 is 2.65 bits per heavy atom. The second kappa shape index (κ2) is 6.44. The van der Waals surface area contributed by atoms with Crippen LogP contribution in [-0.4, -0.2) is 32.3 Å². The van der Waals surface area contributed by atoms with Crippen LogP contribution in [0.15, 0.2) is 84.4 Å². The first-order valence-electron chi connectivity index (χ1n) is 8.36. The molecular weight excluding hydrogens is 322 g/mol. The second-order valence-electron chi connectivity index (χ2n) is 6.15. The third-order valence-electron chi connectivity index (χ3n) is 4.47. The summed E-state index contributed by atoms with van der Waals surface area (Å²) in [5.41, 5.74) is 4.79. The Morgan fingerprint density at radius 1 is 1.00 bits per heavy atom. The summed E-state index contributed by atoms with van der Waals surface area (Å²) in [6.45, 7) is 4.08. The Morgan fingerprint density at radius 2 is 1.81 bits per heavy atom. The van der Waals surface area contributed by atoms with Crippen LogP contribution in [0.5, 0.6) is 0 Å². The maximum Gasteiger partial charge on any atom is 0.142 e. The maximum atomic E-state index is 4.76. The van der Waals surface area contributed by atoms with Crippen LogP contribution < -0.4 is 0 Å². The van der Waals surface area contributed by atoms with Crippen molar-refractivity contribution in [1.29, 1.82) is 0 Å². The molecule has 128 valence electrons. The predicted molar refractivity (Wildman–Crippen MR) is 106 cm³/mol. The molecule has 0 unspecified atom stereocenters. The van der Waals surface area contributed by atoms with Gasteiger partial charge in [-0.05, 0) is 30.4 Å². The molecule has 0 fully saturated rings. The topological polar surface area (TPSA) is 46.3 Å². The minimum atomic E-state index is 0.795. The lowest BCUT2D eigenvalue weighted by molar-refractivity contribution is 0.650. The quantitative estimate of drug-likeness (QED) is 0.710. The van der Waals surface area contributed by atoms with Gasteiger partial charge < -0.3 is 9.47 Å². The number of hydrogen-bond acceptors (Lipinski definition) is 4. The van der Waals surface area contributed by atoms with Crippen molar-refractivity contribution < 1.29 is 0 Å². The molecule has 4 rings (SSSR count). The average molecular weight is 341 g/mol. The number of fused-ring (bicyclic) bond motifs is 1. The van der Waals surface area contributed by atoms with Crippen LogP contribution in [0.25, 0.3) is 22.4 Å². The first-order valence-corrected chi connectivity index (χ1v) is 8.36. The number of benzene rings is 1. The van der Waals surface area contributed by atoms with E-state index < -0.39 is 0 Å². The zero-order chi connectivity index (χ0) is 18.1. The van der Waals surface area contributed by atoms with E-state index in [4.69, 9.17) is 4.98 Å². The zero-order valence-corrected chi connectivity index (χ0v) is 14.8. The van der Waals surface area contributed by atoms with Crippen LogP contribution >= 0.6 is 0 Å². The number of hydrogen-bond donors (Lipinski definition) is 0. The monoisotopic (exact) mass is 341 g/mol. The number of amidine groups is 1. The average Bonchev–Trinajstić information content (AvgIpc) is 3.00. The Balaban J connectivity index is 1.82. The number of pyridine rings is 1. The largest absolute Gasteiger partial charge is 0.330 e. The van der Waals surface area contributed by atoms with Crippen molar-refractivity contribution in [3.8, 4) is 11.4 Å². The Labute approximate surface area is 152 Å². The Hall–Kier alpha value is -3.47. The van der Waals surface area contributed by atoms with Crippen LogP contribution in [0, 0.1) is 0 Å². The van der Waals surface area contributed by atoms with E-state index in [9.17, 15) is 0 Å². The van der Waals surface area contributed by atoms with Gasteiger partial charge in [-0.25, -0.2) is 9.98 Å². The fourth-order valence-corrected chi connectivity index (χ4v) is 3.02. The third kappa shape index (κ3) is 2.73. The summed E-state index contributed by atoms with van der Waals surface area (Å²) >= 11 is 0. The van der Waals surface area contributed by atoms with E-state index in [1.807, 2.05) is 67.8 Å². The number of aliphatic imine (C=N–C) groups is 1. The highest BCUT2D eigenvalue weighted by Gasteiger charge is 2.15. The molecule has 3 heterocycles.